The van der Waals surface area contributed by atoms with Crippen molar-refractivity contribution in [3.63, 3.8) is 0 Å². The van der Waals surface area contributed by atoms with E-state index < -0.39 is 27.1 Å². The second-order valence-electron chi connectivity index (χ2n) is 10.8. The lowest BCUT2D eigenvalue weighted by molar-refractivity contribution is -0.132. The van der Waals surface area contributed by atoms with Gasteiger partial charge in [-0.1, -0.05) is 42.5 Å². The number of rotatable bonds is 6. The van der Waals surface area contributed by atoms with Crippen molar-refractivity contribution in [2.45, 2.75) is 43.4 Å². The van der Waals surface area contributed by atoms with Gasteiger partial charge in [-0.25, -0.2) is 13.1 Å². The topological polar surface area (TPSA) is 99.2 Å². The molecule has 2 N–H and O–H groups in total. The average molecular weight is 536 g/mol. The molecule has 1 fully saturated rings. The standard InChI is InChI=1S/C29H33N3O5S/c1-28(2,3)30-38(35,36)24-14-10-22(11-15-24)29(34)25-6-4-5-7-26(25)32(27(29)33)20-21-8-12-23(13-9-21)31-16-18-37-19-17-31/h4-15,30,34H,16-20H2,1-3H3. The number of morpholine rings is 1. The van der Waals surface area contributed by atoms with Crippen LogP contribution in [-0.4, -0.2) is 51.3 Å². The highest BCUT2D eigenvalue weighted by atomic mass is 32.2. The van der Waals surface area contributed by atoms with Gasteiger partial charge in [-0.15, -0.1) is 0 Å². The van der Waals surface area contributed by atoms with Crippen molar-refractivity contribution in [1.82, 2.24) is 4.72 Å². The molecular formula is C29H33N3O5S. The number of aliphatic hydroxyl groups is 1. The lowest BCUT2D eigenvalue weighted by Crippen LogP contribution is -2.41. The van der Waals surface area contributed by atoms with Gasteiger partial charge in [0.2, 0.25) is 10.0 Å². The number of nitrogens with one attached hydrogen (secondary N) is 1. The molecule has 200 valence electrons. The normalized spacial score (nSPS) is 20.1. The molecule has 0 saturated carbocycles. The van der Waals surface area contributed by atoms with E-state index in [-0.39, 0.29) is 4.90 Å². The summed E-state index contributed by atoms with van der Waals surface area (Å²) in [7, 11) is -3.75. The summed E-state index contributed by atoms with van der Waals surface area (Å²) in [5.74, 6) is -0.473. The molecule has 8 nitrogen and oxygen atoms in total. The van der Waals surface area contributed by atoms with Crippen LogP contribution in [0.1, 0.15) is 37.5 Å². The van der Waals surface area contributed by atoms with Gasteiger partial charge in [0, 0.05) is 29.9 Å². The number of carbonyl (C=O) groups excluding carboxylic acids is 1. The maximum atomic E-state index is 13.8. The van der Waals surface area contributed by atoms with Gasteiger partial charge in [-0.05, 0) is 62.2 Å². The monoisotopic (exact) mass is 535 g/mol. The number of sulfonamides is 1. The fourth-order valence-corrected chi connectivity index (χ4v) is 6.44. The van der Waals surface area contributed by atoms with Gasteiger partial charge in [-0.2, -0.15) is 0 Å². The molecule has 0 bridgehead atoms. The average Bonchev–Trinajstić information content (AvgIpc) is 3.11. The van der Waals surface area contributed by atoms with Gasteiger partial charge in [-0.3, -0.25) is 4.79 Å². The van der Waals surface area contributed by atoms with Gasteiger partial charge >= 0.3 is 0 Å². The first-order valence-corrected chi connectivity index (χ1v) is 14.2. The van der Waals surface area contributed by atoms with E-state index in [0.29, 0.717) is 36.6 Å². The van der Waals surface area contributed by atoms with Crippen LogP contribution in [-0.2, 0) is 31.7 Å². The maximum Gasteiger partial charge on any atom is 0.268 e. The highest BCUT2D eigenvalue weighted by molar-refractivity contribution is 7.89. The molecule has 1 atom stereocenters. The first kappa shape index (κ1) is 26.4. The zero-order chi connectivity index (χ0) is 27.1. The van der Waals surface area contributed by atoms with Crippen molar-refractivity contribution >= 4 is 27.3 Å². The molecule has 0 radical (unpaired) electrons. The summed E-state index contributed by atoms with van der Waals surface area (Å²) in [5.41, 5.74) is 0.888. The molecule has 2 aliphatic heterocycles. The fraction of sp³-hybridized carbons (Fsp3) is 0.345. The van der Waals surface area contributed by atoms with Gasteiger partial charge in [0.15, 0.2) is 5.60 Å². The van der Waals surface area contributed by atoms with Crippen molar-refractivity contribution in [3.05, 3.63) is 89.5 Å². The maximum absolute atomic E-state index is 13.8. The summed E-state index contributed by atoms with van der Waals surface area (Å²) in [6.07, 6.45) is 0. The number of amides is 1. The van der Waals surface area contributed by atoms with Crippen LogP contribution in [0.15, 0.2) is 77.7 Å². The Morgan fingerprint density at radius 3 is 2.21 bits per heavy atom. The Morgan fingerprint density at radius 1 is 0.947 bits per heavy atom. The zero-order valence-corrected chi connectivity index (χ0v) is 22.7. The first-order chi connectivity index (χ1) is 18.0. The fourth-order valence-electron chi connectivity index (χ4n) is 5.02. The molecule has 0 spiro atoms. The van der Waals surface area contributed by atoms with E-state index in [1.165, 1.54) is 24.3 Å². The van der Waals surface area contributed by atoms with Crippen molar-refractivity contribution in [1.29, 1.82) is 0 Å². The summed E-state index contributed by atoms with van der Waals surface area (Å²) in [6, 6.07) is 21.1. The van der Waals surface area contributed by atoms with Crippen LogP contribution < -0.4 is 14.5 Å². The molecule has 2 heterocycles. The minimum atomic E-state index is -3.75. The number of carbonyl (C=O) groups is 1. The van der Waals surface area contributed by atoms with Crippen LogP contribution in [0.5, 0.6) is 0 Å². The number of para-hydroxylation sites is 1. The Balaban J connectivity index is 1.42. The number of anilines is 2. The molecule has 1 saturated heterocycles. The van der Waals surface area contributed by atoms with Crippen LogP contribution in [0.25, 0.3) is 0 Å². The highest BCUT2D eigenvalue weighted by Gasteiger charge is 2.51. The number of nitrogens with zero attached hydrogens (tertiary/aromatic N) is 2. The van der Waals surface area contributed by atoms with Crippen molar-refractivity contribution in [3.8, 4) is 0 Å². The molecule has 3 aromatic carbocycles. The number of benzene rings is 3. The molecule has 0 aliphatic carbocycles. The number of fused-ring (bicyclic) bond motifs is 1. The smallest absolute Gasteiger partial charge is 0.268 e. The molecule has 1 unspecified atom stereocenters. The Kier molecular flexibility index (Phi) is 6.81. The Morgan fingerprint density at radius 2 is 1.58 bits per heavy atom. The van der Waals surface area contributed by atoms with Gasteiger partial charge in [0.25, 0.3) is 5.91 Å². The van der Waals surface area contributed by atoms with Gasteiger partial charge < -0.3 is 19.6 Å². The third kappa shape index (κ3) is 4.94. The largest absolute Gasteiger partial charge is 0.378 e. The van der Waals surface area contributed by atoms with Gasteiger partial charge in [0.1, 0.15) is 0 Å². The number of hydrogen-bond acceptors (Lipinski definition) is 6. The van der Waals surface area contributed by atoms with E-state index in [9.17, 15) is 18.3 Å². The molecule has 1 amide bonds. The minimum Gasteiger partial charge on any atom is -0.378 e. The Labute approximate surface area is 223 Å². The quantitative estimate of drug-likeness (QED) is 0.502. The molecule has 9 heteroatoms. The van der Waals surface area contributed by atoms with E-state index in [0.717, 1.165) is 24.3 Å². The van der Waals surface area contributed by atoms with E-state index in [2.05, 4.69) is 9.62 Å². The Bertz CT molecular complexity index is 1430. The highest BCUT2D eigenvalue weighted by Crippen LogP contribution is 2.45. The van der Waals surface area contributed by atoms with Crippen LogP contribution in [0.4, 0.5) is 11.4 Å². The van der Waals surface area contributed by atoms with E-state index in [1.807, 2.05) is 36.4 Å². The minimum absolute atomic E-state index is 0.0655. The SMILES string of the molecule is CC(C)(C)NS(=O)(=O)c1ccc(C2(O)C(=O)N(Cc3ccc(N4CCOCC4)cc3)c3ccccc32)cc1. The van der Waals surface area contributed by atoms with Crippen LogP contribution >= 0.6 is 0 Å². The molecular weight excluding hydrogens is 502 g/mol. The van der Waals surface area contributed by atoms with E-state index >= 15 is 0 Å². The lowest BCUT2D eigenvalue weighted by Gasteiger charge is -2.29. The summed E-state index contributed by atoms with van der Waals surface area (Å²) in [4.78, 5) is 17.7. The van der Waals surface area contributed by atoms with Crippen LogP contribution in [0, 0.1) is 0 Å². The third-order valence-electron chi connectivity index (χ3n) is 6.82. The van der Waals surface area contributed by atoms with Crippen molar-refractivity contribution in [2.75, 3.05) is 36.1 Å². The molecule has 2 aliphatic rings. The van der Waals surface area contributed by atoms with Crippen LogP contribution in [0.2, 0.25) is 0 Å². The van der Waals surface area contributed by atoms with Crippen molar-refractivity contribution < 1.29 is 23.1 Å². The lowest BCUT2D eigenvalue weighted by atomic mass is 9.87. The zero-order valence-electron chi connectivity index (χ0n) is 21.8. The molecule has 5 rings (SSSR count). The molecule has 3 aromatic rings. The van der Waals surface area contributed by atoms with Gasteiger partial charge in [0.05, 0.1) is 30.3 Å². The summed E-state index contributed by atoms with van der Waals surface area (Å²) in [6.45, 7) is 8.69. The number of hydrogen-bond donors (Lipinski definition) is 2. The molecule has 0 aromatic heterocycles. The van der Waals surface area contributed by atoms with E-state index in [4.69, 9.17) is 4.74 Å². The second-order valence-corrected chi connectivity index (χ2v) is 12.4. The van der Waals surface area contributed by atoms with Crippen molar-refractivity contribution in [2.24, 2.45) is 0 Å². The predicted octanol–water partition coefficient (Wildman–Crippen LogP) is 3.38. The molecule has 38 heavy (non-hydrogen) atoms. The number of ether oxygens (including phenoxy) is 1. The second kappa shape index (κ2) is 9.81. The summed E-state index contributed by atoms with van der Waals surface area (Å²) < 4.78 is 33.5. The first-order valence-electron chi connectivity index (χ1n) is 12.7. The van der Waals surface area contributed by atoms with Crippen LogP contribution in [0.3, 0.4) is 0 Å². The third-order valence-corrected chi connectivity index (χ3v) is 8.59. The Hall–Kier alpha value is -3.24. The van der Waals surface area contributed by atoms with E-state index in [1.54, 1.807) is 37.8 Å². The predicted molar refractivity (Wildman–Crippen MR) is 147 cm³/mol. The summed E-state index contributed by atoms with van der Waals surface area (Å²) >= 11 is 0. The summed E-state index contributed by atoms with van der Waals surface area (Å²) in [5, 5.41) is 11.9.